The highest BCUT2D eigenvalue weighted by Crippen LogP contribution is 2.27. The summed E-state index contributed by atoms with van der Waals surface area (Å²) in [7, 11) is 0.00541. The zero-order valence-corrected chi connectivity index (χ0v) is 22.2. The standard InChI is InChI=1S/C24H30N6O4S2/c1-4-30-23(18-9-11-19(12-10-18)36(32,33)29-15-13-28(2)14-16-29)26-27-24(30)35-17-22(31)25-20-7-5-6-8-21(20)34-3/h5-12H,4,13-17H2,1-3H3,(H,25,31). The smallest absolute Gasteiger partial charge is 0.243 e. The Labute approximate surface area is 215 Å². The number of para-hydroxylation sites is 2. The second-order valence-corrected chi connectivity index (χ2v) is 11.2. The van der Waals surface area contributed by atoms with E-state index in [0.717, 1.165) is 5.56 Å². The fraction of sp³-hybridized carbons (Fsp3) is 0.375. The van der Waals surface area contributed by atoms with Gasteiger partial charge in [-0.2, -0.15) is 4.31 Å². The summed E-state index contributed by atoms with van der Waals surface area (Å²) in [4.78, 5) is 14.9. The molecule has 10 nitrogen and oxygen atoms in total. The summed E-state index contributed by atoms with van der Waals surface area (Å²) in [5, 5.41) is 12.0. The second-order valence-electron chi connectivity index (χ2n) is 8.32. The summed E-state index contributed by atoms with van der Waals surface area (Å²) >= 11 is 1.28. The maximum atomic E-state index is 13.0. The van der Waals surface area contributed by atoms with Gasteiger partial charge in [0, 0.05) is 38.3 Å². The van der Waals surface area contributed by atoms with Crippen LogP contribution in [-0.2, 0) is 21.4 Å². The number of anilines is 1. The van der Waals surface area contributed by atoms with Crippen molar-refractivity contribution in [3.8, 4) is 17.1 Å². The topological polar surface area (TPSA) is 110 Å². The number of amides is 1. The third-order valence-electron chi connectivity index (χ3n) is 5.96. The highest BCUT2D eigenvalue weighted by Gasteiger charge is 2.27. The predicted octanol–water partition coefficient (Wildman–Crippen LogP) is 2.64. The van der Waals surface area contributed by atoms with Crippen molar-refractivity contribution in [3.05, 3.63) is 48.5 Å². The number of carbonyl (C=O) groups excluding carboxylic acids is 1. The third-order valence-corrected chi connectivity index (χ3v) is 8.84. The van der Waals surface area contributed by atoms with Crippen molar-refractivity contribution >= 4 is 33.4 Å². The van der Waals surface area contributed by atoms with Crippen molar-refractivity contribution in [1.82, 2.24) is 24.0 Å². The van der Waals surface area contributed by atoms with Crippen LogP contribution in [0.25, 0.3) is 11.4 Å². The third kappa shape index (κ3) is 5.72. The molecular weight excluding hydrogens is 500 g/mol. The van der Waals surface area contributed by atoms with Crippen LogP contribution in [0.2, 0.25) is 0 Å². The predicted molar refractivity (Wildman–Crippen MR) is 140 cm³/mol. The Balaban J connectivity index is 1.44. The van der Waals surface area contributed by atoms with Crippen LogP contribution in [0, 0.1) is 0 Å². The Kier molecular flexibility index (Phi) is 8.29. The molecule has 2 aromatic carbocycles. The molecule has 0 unspecified atom stereocenters. The molecule has 3 aromatic rings. The Morgan fingerprint density at radius 2 is 1.75 bits per heavy atom. The fourth-order valence-electron chi connectivity index (χ4n) is 3.91. The molecule has 1 saturated heterocycles. The summed E-state index contributed by atoms with van der Waals surface area (Å²) in [6.45, 7) is 4.96. The second kappa shape index (κ2) is 11.4. The average Bonchev–Trinajstić information content (AvgIpc) is 3.31. The number of hydrogen-bond acceptors (Lipinski definition) is 8. The molecule has 1 aliphatic heterocycles. The van der Waals surface area contributed by atoms with Crippen LogP contribution in [-0.4, -0.2) is 84.4 Å². The van der Waals surface area contributed by atoms with E-state index in [9.17, 15) is 13.2 Å². The summed E-state index contributed by atoms with van der Waals surface area (Å²) < 4.78 is 34.7. The molecule has 0 atom stereocenters. The molecule has 1 aliphatic rings. The monoisotopic (exact) mass is 530 g/mol. The number of sulfonamides is 1. The minimum absolute atomic E-state index is 0.151. The summed E-state index contributed by atoms with van der Waals surface area (Å²) in [6, 6.07) is 14.0. The van der Waals surface area contributed by atoms with E-state index in [0.29, 0.717) is 55.1 Å². The quantitative estimate of drug-likeness (QED) is 0.421. The van der Waals surface area contributed by atoms with Gasteiger partial charge in [-0.05, 0) is 50.4 Å². The number of likely N-dealkylation sites (N-methyl/N-ethyl adjacent to an activating group) is 1. The first kappa shape index (κ1) is 26.1. The van der Waals surface area contributed by atoms with E-state index < -0.39 is 10.0 Å². The van der Waals surface area contributed by atoms with E-state index >= 15 is 0 Å². The Bertz CT molecular complexity index is 1300. The van der Waals surface area contributed by atoms with Gasteiger partial charge in [0.1, 0.15) is 5.75 Å². The Hall–Kier alpha value is -2.93. The molecule has 4 rings (SSSR count). The molecule has 2 heterocycles. The van der Waals surface area contributed by atoms with Gasteiger partial charge < -0.3 is 19.5 Å². The maximum absolute atomic E-state index is 13.0. The molecule has 12 heteroatoms. The molecule has 0 spiro atoms. The molecule has 0 aliphatic carbocycles. The molecule has 36 heavy (non-hydrogen) atoms. The largest absolute Gasteiger partial charge is 0.495 e. The lowest BCUT2D eigenvalue weighted by Crippen LogP contribution is -2.46. The number of methoxy groups -OCH3 is 1. The number of nitrogens with zero attached hydrogens (tertiary/aromatic N) is 5. The van der Waals surface area contributed by atoms with Crippen molar-refractivity contribution in [1.29, 1.82) is 0 Å². The zero-order valence-electron chi connectivity index (χ0n) is 20.5. The lowest BCUT2D eigenvalue weighted by atomic mass is 10.2. The van der Waals surface area contributed by atoms with Crippen LogP contribution in [0.15, 0.2) is 58.6 Å². The molecule has 0 radical (unpaired) electrons. The van der Waals surface area contributed by atoms with E-state index in [1.54, 1.807) is 43.5 Å². The van der Waals surface area contributed by atoms with E-state index in [4.69, 9.17) is 4.74 Å². The van der Waals surface area contributed by atoms with Gasteiger partial charge in [0.2, 0.25) is 15.9 Å². The van der Waals surface area contributed by atoms with Gasteiger partial charge in [0.25, 0.3) is 0 Å². The summed E-state index contributed by atoms with van der Waals surface area (Å²) in [5.41, 5.74) is 1.36. The average molecular weight is 531 g/mol. The van der Waals surface area contributed by atoms with E-state index in [1.165, 1.54) is 16.1 Å². The van der Waals surface area contributed by atoms with Gasteiger partial charge >= 0.3 is 0 Å². The van der Waals surface area contributed by atoms with Crippen molar-refractivity contribution in [2.24, 2.45) is 0 Å². The van der Waals surface area contributed by atoms with E-state index in [-0.39, 0.29) is 16.6 Å². The van der Waals surface area contributed by atoms with Crippen LogP contribution in [0.1, 0.15) is 6.92 Å². The van der Waals surface area contributed by atoms with Crippen LogP contribution < -0.4 is 10.1 Å². The van der Waals surface area contributed by atoms with Crippen LogP contribution in [0.4, 0.5) is 5.69 Å². The minimum atomic E-state index is -3.54. The first-order valence-corrected chi connectivity index (χ1v) is 14.0. The fourth-order valence-corrected chi connectivity index (χ4v) is 6.14. The first-order chi connectivity index (χ1) is 17.3. The summed E-state index contributed by atoms with van der Waals surface area (Å²) in [5.74, 6) is 1.18. The number of nitrogens with one attached hydrogen (secondary N) is 1. The highest BCUT2D eigenvalue weighted by atomic mass is 32.2. The number of benzene rings is 2. The van der Waals surface area contributed by atoms with Gasteiger partial charge in [0.05, 0.1) is 23.4 Å². The first-order valence-electron chi connectivity index (χ1n) is 11.6. The number of thioether (sulfide) groups is 1. The molecule has 0 saturated carbocycles. The molecular formula is C24H30N6O4S2. The Morgan fingerprint density at radius 1 is 1.06 bits per heavy atom. The highest BCUT2D eigenvalue weighted by molar-refractivity contribution is 7.99. The molecule has 0 bridgehead atoms. The van der Waals surface area contributed by atoms with Gasteiger partial charge in [-0.3, -0.25) is 4.79 Å². The number of rotatable bonds is 9. The van der Waals surface area contributed by atoms with Crippen LogP contribution >= 0.6 is 11.8 Å². The van der Waals surface area contributed by atoms with Gasteiger partial charge in [-0.15, -0.1) is 10.2 Å². The SMILES string of the molecule is CCn1c(SCC(=O)Nc2ccccc2OC)nnc1-c1ccc(S(=O)(=O)N2CCN(C)CC2)cc1. The van der Waals surface area contributed by atoms with Gasteiger partial charge in [-0.1, -0.05) is 23.9 Å². The van der Waals surface area contributed by atoms with E-state index in [2.05, 4.69) is 20.4 Å². The van der Waals surface area contributed by atoms with Crippen molar-refractivity contribution < 1.29 is 17.9 Å². The minimum Gasteiger partial charge on any atom is -0.495 e. The number of carbonyl (C=O) groups is 1. The summed E-state index contributed by atoms with van der Waals surface area (Å²) in [6.07, 6.45) is 0. The zero-order chi connectivity index (χ0) is 25.7. The number of piperazine rings is 1. The molecule has 192 valence electrons. The lowest BCUT2D eigenvalue weighted by Gasteiger charge is -2.31. The van der Waals surface area contributed by atoms with Gasteiger partial charge in [-0.25, -0.2) is 8.42 Å². The molecule has 1 aromatic heterocycles. The van der Waals surface area contributed by atoms with Crippen molar-refractivity contribution in [3.63, 3.8) is 0 Å². The van der Waals surface area contributed by atoms with Crippen molar-refractivity contribution in [2.75, 3.05) is 51.4 Å². The molecule has 1 amide bonds. The van der Waals surface area contributed by atoms with Crippen LogP contribution in [0.3, 0.4) is 0 Å². The lowest BCUT2D eigenvalue weighted by molar-refractivity contribution is -0.113. The Morgan fingerprint density at radius 3 is 2.42 bits per heavy atom. The number of hydrogen-bond donors (Lipinski definition) is 1. The van der Waals surface area contributed by atoms with E-state index in [1.807, 2.05) is 30.7 Å². The molecule has 1 fully saturated rings. The maximum Gasteiger partial charge on any atom is 0.243 e. The number of ether oxygens (including phenoxy) is 1. The normalized spacial score (nSPS) is 15.1. The molecule has 1 N–H and O–H groups in total. The van der Waals surface area contributed by atoms with Crippen LogP contribution in [0.5, 0.6) is 5.75 Å². The van der Waals surface area contributed by atoms with Gasteiger partial charge in [0.15, 0.2) is 11.0 Å². The number of aromatic nitrogens is 3. The van der Waals surface area contributed by atoms with Crippen molar-refractivity contribution in [2.45, 2.75) is 23.5 Å².